The molecule has 0 aliphatic carbocycles. The van der Waals surface area contributed by atoms with Crippen molar-refractivity contribution < 1.29 is 28.7 Å². The monoisotopic (exact) mass is 489 g/mol. The smallest absolute Gasteiger partial charge is 0.337 e. The Kier molecular flexibility index (Phi) is 6.41. The largest absolute Gasteiger partial charge is 0.497 e. The number of ketones is 1. The molecule has 2 heterocycles. The first kappa shape index (κ1) is 24.7. The van der Waals surface area contributed by atoms with Gasteiger partial charge in [0.1, 0.15) is 11.3 Å². The molecule has 1 atom stereocenters. The lowest BCUT2D eigenvalue weighted by Crippen LogP contribution is -2.41. The summed E-state index contributed by atoms with van der Waals surface area (Å²) in [6.07, 6.45) is 0. The number of imide groups is 1. The molecule has 3 aromatic rings. The number of esters is 1. The van der Waals surface area contributed by atoms with Gasteiger partial charge in [0.05, 0.1) is 26.3 Å². The second-order valence-electron chi connectivity index (χ2n) is 8.76. The van der Waals surface area contributed by atoms with E-state index in [1.807, 2.05) is 11.5 Å². The van der Waals surface area contributed by atoms with Gasteiger partial charge in [0.15, 0.2) is 5.78 Å². The summed E-state index contributed by atoms with van der Waals surface area (Å²) >= 11 is 0. The summed E-state index contributed by atoms with van der Waals surface area (Å²) in [7, 11) is 2.86. The van der Waals surface area contributed by atoms with Crippen LogP contribution < -0.4 is 10.1 Å². The first-order valence-corrected chi connectivity index (χ1v) is 11.3. The maximum atomic E-state index is 13.3. The van der Waals surface area contributed by atoms with Crippen LogP contribution >= 0.6 is 0 Å². The molecule has 0 bridgehead atoms. The van der Waals surface area contributed by atoms with E-state index in [0.717, 1.165) is 16.3 Å². The fourth-order valence-corrected chi connectivity index (χ4v) is 4.50. The van der Waals surface area contributed by atoms with Crippen LogP contribution in [-0.4, -0.2) is 53.9 Å². The van der Waals surface area contributed by atoms with Gasteiger partial charge in [-0.05, 0) is 68.8 Å². The average Bonchev–Trinajstić information content (AvgIpc) is 3.30. The second-order valence-corrected chi connectivity index (χ2v) is 8.76. The van der Waals surface area contributed by atoms with E-state index in [1.54, 1.807) is 75.6 Å². The first-order chi connectivity index (χ1) is 17.1. The number of carbonyl (C=O) groups excluding carboxylic acids is 4. The number of nitrogens with one attached hydrogen (secondary N) is 1. The maximum Gasteiger partial charge on any atom is 0.337 e. The Balaban J connectivity index is 1.57. The lowest BCUT2D eigenvalue weighted by Gasteiger charge is -2.22. The summed E-state index contributed by atoms with van der Waals surface area (Å²) in [6, 6.07) is 14.8. The highest BCUT2D eigenvalue weighted by Crippen LogP contribution is 2.30. The van der Waals surface area contributed by atoms with E-state index in [1.165, 1.54) is 7.11 Å². The van der Waals surface area contributed by atoms with Crippen LogP contribution in [0.25, 0.3) is 5.69 Å². The zero-order chi connectivity index (χ0) is 26.2. The molecule has 1 unspecified atom stereocenters. The number of aryl methyl sites for hydroxylation is 1. The Hall–Kier alpha value is -4.40. The summed E-state index contributed by atoms with van der Waals surface area (Å²) in [5.41, 5.74) is 2.34. The van der Waals surface area contributed by atoms with Crippen molar-refractivity contribution in [2.45, 2.75) is 26.3 Å². The van der Waals surface area contributed by atoms with Crippen LogP contribution in [-0.2, 0) is 15.1 Å². The number of rotatable bonds is 7. The molecule has 0 spiro atoms. The third kappa shape index (κ3) is 4.13. The van der Waals surface area contributed by atoms with Gasteiger partial charge in [-0.2, -0.15) is 0 Å². The van der Waals surface area contributed by atoms with Gasteiger partial charge in [0.25, 0.3) is 5.91 Å². The molecule has 186 valence electrons. The molecule has 0 saturated carbocycles. The number of urea groups is 1. The normalized spacial score (nSPS) is 17.2. The Bertz CT molecular complexity index is 1360. The van der Waals surface area contributed by atoms with E-state index in [9.17, 15) is 19.2 Å². The molecular formula is C27H27N3O6. The fourth-order valence-electron chi connectivity index (χ4n) is 4.50. The number of Topliss-reactive ketones (excluding diaryl/α,β-unsaturated/α-hetero) is 1. The van der Waals surface area contributed by atoms with E-state index in [0.29, 0.717) is 28.1 Å². The van der Waals surface area contributed by atoms with E-state index in [4.69, 9.17) is 9.47 Å². The number of aromatic nitrogens is 1. The number of nitrogens with zero attached hydrogens (tertiary/aromatic N) is 2. The van der Waals surface area contributed by atoms with Gasteiger partial charge in [-0.25, -0.2) is 9.59 Å². The maximum absolute atomic E-state index is 13.3. The molecule has 9 nitrogen and oxygen atoms in total. The van der Waals surface area contributed by atoms with Gasteiger partial charge < -0.3 is 19.4 Å². The quantitative estimate of drug-likeness (QED) is 0.309. The van der Waals surface area contributed by atoms with Crippen molar-refractivity contribution in [2.24, 2.45) is 0 Å². The fraction of sp³-hybridized carbons (Fsp3) is 0.259. The summed E-state index contributed by atoms with van der Waals surface area (Å²) in [6.45, 7) is 4.87. The molecule has 1 aliphatic rings. The summed E-state index contributed by atoms with van der Waals surface area (Å²) in [5, 5.41) is 2.72. The van der Waals surface area contributed by atoms with Crippen molar-refractivity contribution >= 4 is 23.7 Å². The minimum atomic E-state index is -1.29. The number of carbonyl (C=O) groups is 4. The molecule has 1 N–H and O–H groups in total. The van der Waals surface area contributed by atoms with Gasteiger partial charge in [-0.3, -0.25) is 14.5 Å². The Morgan fingerprint density at radius 1 is 0.972 bits per heavy atom. The zero-order valence-electron chi connectivity index (χ0n) is 20.7. The van der Waals surface area contributed by atoms with Crippen LogP contribution in [0.5, 0.6) is 5.75 Å². The lowest BCUT2D eigenvalue weighted by molar-refractivity contribution is -0.130. The highest BCUT2D eigenvalue weighted by atomic mass is 16.5. The van der Waals surface area contributed by atoms with Gasteiger partial charge in [0.2, 0.25) is 0 Å². The molecule has 3 amide bonds. The number of amides is 3. The van der Waals surface area contributed by atoms with Gasteiger partial charge in [-0.15, -0.1) is 0 Å². The third-order valence-corrected chi connectivity index (χ3v) is 6.52. The summed E-state index contributed by atoms with van der Waals surface area (Å²) in [4.78, 5) is 51.9. The molecule has 1 saturated heterocycles. The molecule has 1 aliphatic heterocycles. The number of ether oxygens (including phenoxy) is 2. The molecule has 2 aromatic carbocycles. The molecule has 9 heteroatoms. The predicted octanol–water partition coefficient (Wildman–Crippen LogP) is 3.54. The molecule has 1 fully saturated rings. The topological polar surface area (TPSA) is 107 Å². The van der Waals surface area contributed by atoms with Crippen LogP contribution in [0.4, 0.5) is 4.79 Å². The van der Waals surface area contributed by atoms with E-state index < -0.39 is 23.4 Å². The molecule has 1 aromatic heterocycles. The Morgan fingerprint density at radius 3 is 2.19 bits per heavy atom. The van der Waals surface area contributed by atoms with Gasteiger partial charge in [-0.1, -0.05) is 12.1 Å². The molecule has 36 heavy (non-hydrogen) atoms. The van der Waals surface area contributed by atoms with Crippen molar-refractivity contribution in [1.82, 2.24) is 14.8 Å². The average molecular weight is 490 g/mol. The zero-order valence-corrected chi connectivity index (χ0v) is 20.7. The van der Waals surface area contributed by atoms with Crippen molar-refractivity contribution in [1.29, 1.82) is 0 Å². The summed E-state index contributed by atoms with van der Waals surface area (Å²) < 4.78 is 11.8. The van der Waals surface area contributed by atoms with Crippen molar-refractivity contribution in [3.05, 3.63) is 82.7 Å². The van der Waals surface area contributed by atoms with Crippen molar-refractivity contribution in [3.63, 3.8) is 0 Å². The minimum Gasteiger partial charge on any atom is -0.497 e. The van der Waals surface area contributed by atoms with Gasteiger partial charge in [0, 0.05) is 22.6 Å². The van der Waals surface area contributed by atoms with E-state index in [2.05, 4.69) is 5.32 Å². The highest BCUT2D eigenvalue weighted by molar-refractivity contribution is 6.11. The highest BCUT2D eigenvalue weighted by Gasteiger charge is 2.49. The lowest BCUT2D eigenvalue weighted by atomic mass is 9.92. The van der Waals surface area contributed by atoms with E-state index >= 15 is 0 Å². The molecular weight excluding hydrogens is 462 g/mol. The van der Waals surface area contributed by atoms with Crippen LogP contribution in [0, 0.1) is 13.8 Å². The third-order valence-electron chi connectivity index (χ3n) is 6.52. The number of benzene rings is 2. The standard InChI is InChI=1S/C27H27N3O6/c1-16-14-22(17(2)30(16)20-10-6-18(7-11-20)24(32)36-5)23(31)15-29-25(33)27(3,28-26(29)34)19-8-12-21(35-4)13-9-19/h6-14H,15H2,1-5H3,(H,28,34). The van der Waals surface area contributed by atoms with E-state index in [-0.39, 0.29) is 12.3 Å². The van der Waals surface area contributed by atoms with Crippen LogP contribution in [0.1, 0.15) is 44.6 Å². The Labute approximate surface area is 208 Å². The SMILES string of the molecule is COC(=O)c1ccc(-n2c(C)cc(C(=O)CN3C(=O)NC(C)(c4ccc(OC)cc4)C3=O)c2C)cc1. The molecule has 4 rings (SSSR count). The Morgan fingerprint density at radius 2 is 1.61 bits per heavy atom. The van der Waals surface area contributed by atoms with Crippen LogP contribution in [0.2, 0.25) is 0 Å². The minimum absolute atomic E-state index is 0.358. The second kappa shape index (κ2) is 9.33. The summed E-state index contributed by atoms with van der Waals surface area (Å²) in [5.74, 6) is -0.670. The number of methoxy groups -OCH3 is 2. The van der Waals surface area contributed by atoms with Crippen LogP contribution in [0.3, 0.4) is 0 Å². The number of hydrogen-bond donors (Lipinski definition) is 1. The van der Waals surface area contributed by atoms with Crippen LogP contribution in [0.15, 0.2) is 54.6 Å². The first-order valence-electron chi connectivity index (χ1n) is 11.3. The van der Waals surface area contributed by atoms with Crippen molar-refractivity contribution in [2.75, 3.05) is 20.8 Å². The van der Waals surface area contributed by atoms with Crippen molar-refractivity contribution in [3.8, 4) is 11.4 Å². The van der Waals surface area contributed by atoms with Gasteiger partial charge >= 0.3 is 12.0 Å². The molecule has 0 radical (unpaired) electrons. The predicted molar refractivity (Wildman–Crippen MR) is 132 cm³/mol. The number of hydrogen-bond acceptors (Lipinski definition) is 6.